The number of H-pyrrole nitrogens is 1. The number of aromatic amines is 1. The second-order valence-electron chi connectivity index (χ2n) is 6.24. The fourth-order valence-corrected chi connectivity index (χ4v) is 2.87. The minimum Gasteiger partial charge on any atom is -0.375 e. The highest BCUT2D eigenvalue weighted by Gasteiger charge is 2.14. The number of nitrogens with zero attached hydrogens (tertiary/aromatic N) is 2. The maximum absolute atomic E-state index is 12.4. The van der Waals surface area contributed by atoms with E-state index in [1.54, 1.807) is 6.20 Å². The average molecular weight is 348 g/mol. The Morgan fingerprint density at radius 2 is 1.73 bits per heavy atom. The van der Waals surface area contributed by atoms with Gasteiger partial charge in [0.25, 0.3) is 5.91 Å². The van der Waals surface area contributed by atoms with Crippen LogP contribution < -0.4 is 10.2 Å². The van der Waals surface area contributed by atoms with Crippen LogP contribution in [0.1, 0.15) is 23.2 Å². The third-order valence-electron chi connectivity index (χ3n) is 4.35. The van der Waals surface area contributed by atoms with Crippen LogP contribution in [0.3, 0.4) is 0 Å². The first-order chi connectivity index (χ1) is 12.8. The molecule has 3 rings (SSSR count). The molecule has 3 aromatic rings. The molecule has 0 spiro atoms. The van der Waals surface area contributed by atoms with E-state index in [2.05, 4.69) is 39.6 Å². The van der Waals surface area contributed by atoms with Gasteiger partial charge in [-0.3, -0.25) is 9.89 Å². The van der Waals surface area contributed by atoms with Crippen LogP contribution in [-0.4, -0.2) is 36.2 Å². The Morgan fingerprint density at radius 3 is 2.46 bits per heavy atom. The van der Waals surface area contributed by atoms with Crippen LogP contribution in [0.25, 0.3) is 11.3 Å². The minimum absolute atomic E-state index is 0.0889. The van der Waals surface area contributed by atoms with Crippen LogP contribution in [0.4, 0.5) is 5.69 Å². The Bertz CT molecular complexity index is 814. The van der Waals surface area contributed by atoms with Crippen molar-refractivity contribution in [3.8, 4) is 11.3 Å². The van der Waals surface area contributed by atoms with Gasteiger partial charge in [-0.25, -0.2) is 0 Å². The van der Waals surface area contributed by atoms with Gasteiger partial charge in [0.2, 0.25) is 0 Å². The number of nitrogens with one attached hydrogen (secondary N) is 2. The summed E-state index contributed by atoms with van der Waals surface area (Å²) in [5, 5.41) is 9.94. The van der Waals surface area contributed by atoms with Crippen molar-refractivity contribution in [3.05, 3.63) is 72.4 Å². The van der Waals surface area contributed by atoms with E-state index >= 15 is 0 Å². The lowest BCUT2D eigenvalue weighted by atomic mass is 10.1. The average Bonchev–Trinajstić information content (AvgIpc) is 3.19. The largest absolute Gasteiger partial charge is 0.375 e. The van der Waals surface area contributed by atoms with Crippen molar-refractivity contribution in [1.82, 2.24) is 15.5 Å². The number of hydrogen-bond acceptors (Lipinski definition) is 3. The molecule has 26 heavy (non-hydrogen) atoms. The van der Waals surface area contributed by atoms with Gasteiger partial charge in [0.15, 0.2) is 0 Å². The number of aromatic nitrogens is 2. The molecular formula is C21H24N4O. The highest BCUT2D eigenvalue weighted by molar-refractivity contribution is 5.99. The quantitative estimate of drug-likeness (QED) is 0.610. The van der Waals surface area contributed by atoms with E-state index in [0.717, 1.165) is 30.6 Å². The molecule has 5 nitrogen and oxygen atoms in total. The summed E-state index contributed by atoms with van der Waals surface area (Å²) in [7, 11) is 2.09. The molecular weight excluding hydrogens is 324 g/mol. The fraction of sp³-hybridized carbons (Fsp3) is 0.238. The summed E-state index contributed by atoms with van der Waals surface area (Å²) >= 11 is 0. The van der Waals surface area contributed by atoms with Gasteiger partial charge >= 0.3 is 0 Å². The number of carbonyl (C=O) groups is 1. The van der Waals surface area contributed by atoms with Gasteiger partial charge in [-0.05, 0) is 25.0 Å². The van der Waals surface area contributed by atoms with Gasteiger partial charge in [0, 0.05) is 31.4 Å². The predicted octanol–water partition coefficient (Wildman–Crippen LogP) is 3.72. The Kier molecular flexibility index (Phi) is 6.04. The molecule has 1 aromatic heterocycles. The van der Waals surface area contributed by atoms with Crippen molar-refractivity contribution < 1.29 is 4.79 Å². The van der Waals surface area contributed by atoms with Crippen LogP contribution in [0.5, 0.6) is 0 Å². The van der Waals surface area contributed by atoms with Gasteiger partial charge in [0.05, 0.1) is 17.5 Å². The summed E-state index contributed by atoms with van der Waals surface area (Å²) in [5.74, 6) is -0.0889. The molecule has 0 saturated carbocycles. The van der Waals surface area contributed by atoms with E-state index in [1.807, 2.05) is 48.5 Å². The first kappa shape index (κ1) is 17.7. The van der Waals surface area contributed by atoms with Crippen LogP contribution >= 0.6 is 0 Å². The van der Waals surface area contributed by atoms with Gasteiger partial charge < -0.3 is 10.2 Å². The monoisotopic (exact) mass is 348 g/mol. The summed E-state index contributed by atoms with van der Waals surface area (Å²) in [6.07, 6.45) is 3.53. The Labute approximate surface area is 154 Å². The second-order valence-corrected chi connectivity index (χ2v) is 6.24. The molecule has 1 amide bonds. The standard InChI is InChI=1S/C21H24N4O/c1-25(18-12-6-3-7-13-18)15-9-8-14-22-21(26)19-16-23-24-20(19)17-10-4-2-5-11-17/h2-7,10-13,16H,8-9,14-15H2,1H3,(H,22,26)(H,23,24). The number of carbonyl (C=O) groups excluding carboxylic acids is 1. The summed E-state index contributed by atoms with van der Waals surface area (Å²) in [6, 6.07) is 20.1. The van der Waals surface area contributed by atoms with Crippen molar-refractivity contribution in [2.75, 3.05) is 25.0 Å². The third-order valence-corrected chi connectivity index (χ3v) is 4.35. The highest BCUT2D eigenvalue weighted by Crippen LogP contribution is 2.20. The molecule has 1 heterocycles. The summed E-state index contributed by atoms with van der Waals surface area (Å²) in [5.41, 5.74) is 3.51. The first-order valence-corrected chi connectivity index (χ1v) is 8.89. The lowest BCUT2D eigenvalue weighted by Crippen LogP contribution is -2.26. The zero-order chi connectivity index (χ0) is 18.2. The number of rotatable bonds is 8. The highest BCUT2D eigenvalue weighted by atomic mass is 16.1. The molecule has 0 fully saturated rings. The maximum Gasteiger partial charge on any atom is 0.255 e. The van der Waals surface area contributed by atoms with Crippen LogP contribution in [0.2, 0.25) is 0 Å². The number of benzene rings is 2. The van der Waals surface area contributed by atoms with Gasteiger partial charge in [0.1, 0.15) is 0 Å². The molecule has 0 radical (unpaired) electrons. The lowest BCUT2D eigenvalue weighted by Gasteiger charge is -2.19. The first-order valence-electron chi connectivity index (χ1n) is 8.89. The second kappa shape index (κ2) is 8.85. The van der Waals surface area contributed by atoms with Gasteiger partial charge in [-0.15, -0.1) is 0 Å². The molecule has 0 atom stereocenters. The Hall–Kier alpha value is -3.08. The zero-order valence-electron chi connectivity index (χ0n) is 15.0. The fourth-order valence-electron chi connectivity index (χ4n) is 2.87. The third kappa shape index (κ3) is 4.51. The SMILES string of the molecule is CN(CCCCNC(=O)c1cn[nH]c1-c1ccccc1)c1ccccc1. The molecule has 134 valence electrons. The molecule has 2 N–H and O–H groups in total. The number of unbranched alkanes of at least 4 members (excludes halogenated alkanes) is 1. The Morgan fingerprint density at radius 1 is 1.04 bits per heavy atom. The van der Waals surface area contributed by atoms with E-state index < -0.39 is 0 Å². The predicted molar refractivity (Wildman–Crippen MR) is 105 cm³/mol. The summed E-state index contributed by atoms with van der Waals surface area (Å²) in [6.45, 7) is 1.61. The van der Waals surface area contributed by atoms with Crippen LogP contribution in [0.15, 0.2) is 66.9 Å². The van der Waals surface area contributed by atoms with Gasteiger partial charge in [-0.1, -0.05) is 48.5 Å². The van der Waals surface area contributed by atoms with E-state index in [9.17, 15) is 4.79 Å². The van der Waals surface area contributed by atoms with E-state index in [4.69, 9.17) is 0 Å². The Balaban J connectivity index is 1.45. The minimum atomic E-state index is -0.0889. The van der Waals surface area contributed by atoms with Crippen molar-refractivity contribution in [3.63, 3.8) is 0 Å². The topological polar surface area (TPSA) is 61.0 Å². The van der Waals surface area contributed by atoms with Crippen molar-refractivity contribution in [2.45, 2.75) is 12.8 Å². The molecule has 0 saturated heterocycles. The van der Waals surface area contributed by atoms with Crippen molar-refractivity contribution >= 4 is 11.6 Å². The molecule has 0 bridgehead atoms. The molecule has 0 aliphatic carbocycles. The molecule has 0 unspecified atom stereocenters. The number of amides is 1. The molecule has 0 aliphatic heterocycles. The van der Waals surface area contributed by atoms with Gasteiger partial charge in [-0.2, -0.15) is 5.10 Å². The number of anilines is 1. The molecule has 0 aliphatic rings. The number of hydrogen-bond donors (Lipinski definition) is 2. The van der Waals surface area contributed by atoms with Crippen molar-refractivity contribution in [1.29, 1.82) is 0 Å². The van der Waals surface area contributed by atoms with E-state index in [1.165, 1.54) is 5.69 Å². The smallest absolute Gasteiger partial charge is 0.255 e. The molecule has 2 aromatic carbocycles. The van der Waals surface area contributed by atoms with E-state index in [-0.39, 0.29) is 5.91 Å². The van der Waals surface area contributed by atoms with Crippen LogP contribution in [-0.2, 0) is 0 Å². The van der Waals surface area contributed by atoms with Crippen molar-refractivity contribution in [2.24, 2.45) is 0 Å². The summed E-state index contributed by atoms with van der Waals surface area (Å²) in [4.78, 5) is 14.7. The summed E-state index contributed by atoms with van der Waals surface area (Å²) < 4.78 is 0. The molecule has 5 heteroatoms. The number of para-hydroxylation sites is 1. The normalized spacial score (nSPS) is 10.5. The zero-order valence-corrected chi connectivity index (χ0v) is 15.0. The maximum atomic E-state index is 12.4. The van der Waals surface area contributed by atoms with Crippen LogP contribution in [0, 0.1) is 0 Å². The lowest BCUT2D eigenvalue weighted by molar-refractivity contribution is 0.0954. The van der Waals surface area contributed by atoms with E-state index in [0.29, 0.717) is 12.1 Å².